The highest BCUT2D eigenvalue weighted by atomic mass is 32.1. The monoisotopic (exact) mass is 563 g/mol. The Labute approximate surface area is 242 Å². The number of benzene rings is 1. The number of carbonyl (C=O) groups is 2. The fourth-order valence-corrected chi connectivity index (χ4v) is 7.52. The van der Waals surface area contributed by atoms with Gasteiger partial charge in [-0.2, -0.15) is 0 Å². The summed E-state index contributed by atoms with van der Waals surface area (Å²) in [5.74, 6) is 1.03. The number of carbonyl (C=O) groups excluding carboxylic acids is 2. The van der Waals surface area contributed by atoms with Crippen LogP contribution in [0.2, 0.25) is 0 Å². The van der Waals surface area contributed by atoms with E-state index in [1.807, 2.05) is 18.2 Å². The van der Waals surface area contributed by atoms with Crippen molar-refractivity contribution in [2.75, 3.05) is 7.05 Å². The molecule has 2 amide bonds. The number of aromatic nitrogens is 2. The highest BCUT2D eigenvalue weighted by Gasteiger charge is 2.39. The van der Waals surface area contributed by atoms with Crippen LogP contribution in [0, 0.1) is 5.92 Å². The fourth-order valence-electron chi connectivity index (χ4n) is 6.82. The van der Waals surface area contributed by atoms with Crippen LogP contribution in [-0.4, -0.2) is 57.5 Å². The molecule has 0 spiro atoms. The number of rotatable bonds is 11. The highest BCUT2D eigenvalue weighted by molar-refractivity contribution is 7.09. The summed E-state index contributed by atoms with van der Waals surface area (Å²) in [7, 11) is 2.21. The molecule has 0 radical (unpaired) electrons. The van der Waals surface area contributed by atoms with E-state index in [1.54, 1.807) is 11.3 Å². The molecule has 5 rings (SSSR count). The van der Waals surface area contributed by atoms with E-state index < -0.39 is 6.04 Å². The highest BCUT2D eigenvalue weighted by Crippen LogP contribution is 2.34. The average molecular weight is 564 g/mol. The van der Waals surface area contributed by atoms with E-state index in [1.165, 1.54) is 17.7 Å². The molecule has 4 heterocycles. The number of piperidine rings is 1. The maximum Gasteiger partial charge on any atom is 0.252 e. The quantitative estimate of drug-likeness (QED) is 0.303. The third-order valence-corrected chi connectivity index (χ3v) is 9.89. The van der Waals surface area contributed by atoms with Gasteiger partial charge in [-0.1, -0.05) is 33.8 Å². The van der Waals surface area contributed by atoms with Gasteiger partial charge in [0.25, 0.3) is 5.91 Å². The Balaban J connectivity index is 1.34. The average Bonchev–Trinajstić information content (AvgIpc) is 3.61. The van der Waals surface area contributed by atoms with Crippen LogP contribution in [0.5, 0.6) is 0 Å². The van der Waals surface area contributed by atoms with Crippen LogP contribution < -0.4 is 10.6 Å². The van der Waals surface area contributed by atoms with E-state index in [9.17, 15) is 9.59 Å². The fraction of sp³-hybridized carbons (Fsp3) is 0.594. The number of nitrogens with zero attached hydrogens (tertiary/aromatic N) is 3. The molecule has 2 fully saturated rings. The Kier molecular flexibility index (Phi) is 8.95. The van der Waals surface area contributed by atoms with Gasteiger partial charge in [0.15, 0.2) is 0 Å². The first kappa shape index (κ1) is 28.8. The van der Waals surface area contributed by atoms with Gasteiger partial charge in [0.1, 0.15) is 11.9 Å². The maximum absolute atomic E-state index is 13.5. The molecular formula is C32H45N5O2S. The zero-order valence-corrected chi connectivity index (χ0v) is 25.5. The molecule has 2 aliphatic rings. The summed E-state index contributed by atoms with van der Waals surface area (Å²) in [6, 6.07) is 11.1. The molecule has 3 aromatic rings. The number of fused-ring (bicyclic) bond motifs is 3. The normalized spacial score (nSPS) is 21.8. The van der Waals surface area contributed by atoms with E-state index >= 15 is 0 Å². The van der Waals surface area contributed by atoms with Crippen LogP contribution in [-0.2, 0) is 11.2 Å². The Morgan fingerprint density at radius 2 is 1.82 bits per heavy atom. The van der Waals surface area contributed by atoms with E-state index in [4.69, 9.17) is 4.98 Å². The number of hydrogen-bond donors (Lipinski definition) is 2. The van der Waals surface area contributed by atoms with Gasteiger partial charge in [-0.05, 0) is 87.6 Å². The lowest BCUT2D eigenvalue weighted by Crippen LogP contribution is -2.54. The Morgan fingerprint density at radius 3 is 2.45 bits per heavy atom. The second kappa shape index (κ2) is 12.4. The van der Waals surface area contributed by atoms with Crippen molar-refractivity contribution in [2.45, 2.75) is 109 Å². The largest absolute Gasteiger partial charge is 0.351 e. The molecule has 4 atom stereocenters. The third-order valence-electron chi connectivity index (χ3n) is 9.02. The summed E-state index contributed by atoms with van der Waals surface area (Å²) in [6.45, 7) is 8.61. The number of amides is 2. The zero-order valence-electron chi connectivity index (χ0n) is 24.7. The van der Waals surface area contributed by atoms with Gasteiger partial charge in [-0.3, -0.25) is 9.59 Å². The molecule has 40 heavy (non-hydrogen) atoms. The van der Waals surface area contributed by atoms with Crippen molar-refractivity contribution in [1.82, 2.24) is 25.1 Å². The molecule has 1 unspecified atom stereocenters. The van der Waals surface area contributed by atoms with Crippen molar-refractivity contribution >= 4 is 34.2 Å². The van der Waals surface area contributed by atoms with Gasteiger partial charge in [-0.25, -0.2) is 4.98 Å². The van der Waals surface area contributed by atoms with Crippen LogP contribution in [0.25, 0.3) is 11.0 Å². The van der Waals surface area contributed by atoms with Gasteiger partial charge < -0.3 is 20.1 Å². The van der Waals surface area contributed by atoms with Crippen molar-refractivity contribution in [3.63, 3.8) is 0 Å². The molecule has 216 valence electrons. The molecule has 8 heteroatoms. The molecular weight excluding hydrogens is 518 g/mol. The van der Waals surface area contributed by atoms with Gasteiger partial charge in [0, 0.05) is 41.0 Å². The smallest absolute Gasteiger partial charge is 0.252 e. The van der Waals surface area contributed by atoms with Gasteiger partial charge >= 0.3 is 0 Å². The first-order valence-corrected chi connectivity index (χ1v) is 16.0. The summed E-state index contributed by atoms with van der Waals surface area (Å²) < 4.78 is 2.36. The Bertz CT molecular complexity index is 1300. The maximum atomic E-state index is 13.5. The Morgan fingerprint density at radius 1 is 1.10 bits per heavy atom. The lowest BCUT2D eigenvalue weighted by atomic mass is 9.96. The van der Waals surface area contributed by atoms with E-state index in [-0.39, 0.29) is 23.8 Å². The molecule has 2 aliphatic heterocycles. The molecule has 0 saturated carbocycles. The summed E-state index contributed by atoms with van der Waals surface area (Å²) >= 11 is 1.74. The first-order valence-electron chi connectivity index (χ1n) is 15.1. The SMILES string of the molecule is CCC(CC)n1c(Cc2cccs2)nc2cc(C(=O)N[C@@H](CC(C)C)C(=O)NC3C[C@H]4CC[C@@H](C3)N4C)ccc21. The molecule has 7 nitrogen and oxygen atoms in total. The number of thiophene rings is 1. The van der Waals surface area contributed by atoms with Gasteiger partial charge in [0.2, 0.25) is 5.91 Å². The van der Waals surface area contributed by atoms with E-state index in [0.717, 1.165) is 49.0 Å². The number of nitrogens with one attached hydrogen (secondary N) is 2. The summed E-state index contributed by atoms with van der Waals surface area (Å²) in [4.78, 5) is 35.7. The summed E-state index contributed by atoms with van der Waals surface area (Å²) in [5, 5.41) is 8.47. The summed E-state index contributed by atoms with van der Waals surface area (Å²) in [6.07, 6.45) is 7.83. The molecule has 2 bridgehead atoms. The minimum absolute atomic E-state index is 0.0617. The Hall–Kier alpha value is -2.71. The molecule has 2 aromatic heterocycles. The van der Waals surface area contributed by atoms with E-state index in [0.29, 0.717) is 30.1 Å². The molecule has 0 aliphatic carbocycles. The van der Waals surface area contributed by atoms with E-state index in [2.05, 4.69) is 72.4 Å². The predicted molar refractivity (Wildman–Crippen MR) is 163 cm³/mol. The third kappa shape index (κ3) is 6.13. The van der Waals surface area contributed by atoms with Crippen LogP contribution >= 0.6 is 11.3 Å². The van der Waals surface area contributed by atoms with Crippen molar-refractivity contribution in [3.05, 3.63) is 52.0 Å². The minimum Gasteiger partial charge on any atom is -0.351 e. The second-order valence-electron chi connectivity index (χ2n) is 12.2. The van der Waals surface area contributed by atoms with Crippen molar-refractivity contribution < 1.29 is 9.59 Å². The lowest BCUT2D eigenvalue weighted by Gasteiger charge is -2.37. The standard InChI is InChI=1S/C32H45N5O2S/c1-6-23(7-2)37-29-13-10-21(16-27(29)34-30(37)19-26-9-8-14-40-26)31(38)35-28(15-20(3)4)32(39)33-22-17-24-11-12-25(18-22)36(24)5/h8-10,13-14,16,20,22-25,28H,6-7,11-12,15,17-19H2,1-5H3,(H,33,39)(H,35,38)/t22?,24-,25+,28-/m0/s1. The second-order valence-corrected chi connectivity index (χ2v) is 13.2. The van der Waals surface area contributed by atoms with Crippen LogP contribution in [0.3, 0.4) is 0 Å². The van der Waals surface area contributed by atoms with Crippen LogP contribution in [0.1, 0.15) is 99.7 Å². The predicted octanol–water partition coefficient (Wildman–Crippen LogP) is 5.94. The molecule has 2 saturated heterocycles. The zero-order chi connectivity index (χ0) is 28.4. The first-order chi connectivity index (χ1) is 19.3. The topological polar surface area (TPSA) is 79.3 Å². The van der Waals surface area contributed by atoms with Crippen molar-refractivity contribution in [2.24, 2.45) is 5.92 Å². The lowest BCUT2D eigenvalue weighted by molar-refractivity contribution is -0.124. The van der Waals surface area contributed by atoms with Crippen LogP contribution in [0.15, 0.2) is 35.7 Å². The number of imidazole rings is 1. The van der Waals surface area contributed by atoms with Gasteiger partial charge in [0.05, 0.1) is 11.0 Å². The minimum atomic E-state index is -0.558. The molecule has 2 N–H and O–H groups in total. The summed E-state index contributed by atoms with van der Waals surface area (Å²) in [5.41, 5.74) is 2.44. The van der Waals surface area contributed by atoms with Crippen molar-refractivity contribution in [3.8, 4) is 0 Å². The number of hydrogen-bond acceptors (Lipinski definition) is 5. The molecule has 1 aromatic carbocycles. The van der Waals surface area contributed by atoms with Crippen molar-refractivity contribution in [1.29, 1.82) is 0 Å². The van der Waals surface area contributed by atoms with Gasteiger partial charge in [-0.15, -0.1) is 11.3 Å². The van der Waals surface area contributed by atoms with Crippen LogP contribution in [0.4, 0.5) is 0 Å².